The van der Waals surface area contributed by atoms with Gasteiger partial charge in [0.15, 0.2) is 5.82 Å². The fraction of sp³-hybridized carbons (Fsp3) is 0.200. The van der Waals surface area contributed by atoms with Gasteiger partial charge in [0.1, 0.15) is 5.78 Å². The molecule has 17 heavy (non-hydrogen) atoms. The number of hydrogen-bond acceptors (Lipinski definition) is 6. The van der Waals surface area contributed by atoms with Crippen LogP contribution in [0.15, 0.2) is 16.8 Å². The fourth-order valence-corrected chi connectivity index (χ4v) is 2.38. The van der Waals surface area contributed by atoms with Crippen molar-refractivity contribution < 1.29 is 9.59 Å². The van der Waals surface area contributed by atoms with E-state index in [9.17, 15) is 9.59 Å². The van der Waals surface area contributed by atoms with Gasteiger partial charge in [0.05, 0.1) is 12.0 Å². The van der Waals surface area contributed by atoms with Crippen molar-refractivity contribution in [1.82, 2.24) is 9.36 Å². The van der Waals surface area contributed by atoms with E-state index in [0.29, 0.717) is 16.5 Å². The van der Waals surface area contributed by atoms with Crippen LogP contribution >= 0.6 is 22.9 Å². The second-order valence-electron chi connectivity index (χ2n) is 3.36. The highest BCUT2D eigenvalue weighted by molar-refractivity contribution is 7.10. The van der Waals surface area contributed by atoms with E-state index in [-0.39, 0.29) is 18.1 Å². The van der Waals surface area contributed by atoms with Gasteiger partial charge in [0, 0.05) is 16.9 Å². The van der Waals surface area contributed by atoms with E-state index >= 15 is 0 Å². The maximum Gasteiger partial charge on any atom is 0.258 e. The van der Waals surface area contributed by atoms with Crippen molar-refractivity contribution in [1.29, 1.82) is 0 Å². The molecule has 0 aromatic carbocycles. The van der Waals surface area contributed by atoms with Crippen molar-refractivity contribution in [3.8, 4) is 0 Å². The molecule has 0 fully saturated rings. The average molecular weight is 267 g/mol. The molecule has 5 nitrogen and oxygen atoms in total. The number of carbonyl (C=O) groups excluding carboxylic acids is 2. The molecule has 0 radical (unpaired) electrons. The minimum Gasteiger partial charge on any atom is -0.300 e. The predicted molar refractivity (Wildman–Crippen MR) is 66.6 cm³/mol. The van der Waals surface area contributed by atoms with Crippen molar-refractivity contribution in [3.63, 3.8) is 0 Å². The molecule has 0 aliphatic rings. The number of hydrogen-bond donors (Lipinski definition) is 1. The maximum atomic E-state index is 11.7. The average Bonchev–Trinajstić information content (AvgIpc) is 2.87. The number of Topliss-reactive ketones (excluding diaryl/α,β-unsaturated/α-hetero) is 1. The molecule has 1 amide bonds. The van der Waals surface area contributed by atoms with Crippen LogP contribution in [-0.2, 0) is 11.2 Å². The first-order valence-electron chi connectivity index (χ1n) is 4.80. The minimum atomic E-state index is -0.211. The van der Waals surface area contributed by atoms with E-state index < -0.39 is 0 Å². The van der Waals surface area contributed by atoms with Crippen molar-refractivity contribution in [2.75, 3.05) is 5.32 Å². The summed E-state index contributed by atoms with van der Waals surface area (Å²) in [6, 6.07) is 1.73. The summed E-state index contributed by atoms with van der Waals surface area (Å²) in [4.78, 5) is 26.6. The molecule has 2 aromatic rings. The van der Waals surface area contributed by atoms with Crippen LogP contribution in [0.2, 0.25) is 0 Å². The zero-order valence-corrected chi connectivity index (χ0v) is 10.6. The minimum absolute atomic E-state index is 0.00138. The third-order valence-corrected chi connectivity index (χ3v) is 3.23. The molecular weight excluding hydrogens is 258 g/mol. The highest BCUT2D eigenvalue weighted by Crippen LogP contribution is 2.14. The number of rotatable bonds is 4. The van der Waals surface area contributed by atoms with Gasteiger partial charge in [-0.05, 0) is 18.4 Å². The third-order valence-electron chi connectivity index (χ3n) is 1.88. The molecule has 1 N–H and O–H groups in total. The number of nitrogens with zero attached hydrogens (tertiary/aromatic N) is 2. The Morgan fingerprint density at radius 3 is 2.94 bits per heavy atom. The summed E-state index contributed by atoms with van der Waals surface area (Å²) >= 11 is 2.53. The second kappa shape index (κ2) is 5.15. The molecule has 88 valence electrons. The van der Waals surface area contributed by atoms with E-state index in [1.807, 2.05) is 5.38 Å². The fourth-order valence-electron chi connectivity index (χ4n) is 1.16. The topological polar surface area (TPSA) is 72.0 Å². The smallest absolute Gasteiger partial charge is 0.258 e. The summed E-state index contributed by atoms with van der Waals surface area (Å²) in [7, 11) is 0. The number of anilines is 1. The van der Waals surface area contributed by atoms with Crippen LogP contribution in [0, 0.1) is 0 Å². The van der Waals surface area contributed by atoms with Crippen molar-refractivity contribution in [2.24, 2.45) is 0 Å². The first-order chi connectivity index (χ1) is 8.15. The Balaban J connectivity index is 2.02. The van der Waals surface area contributed by atoms with E-state index in [1.165, 1.54) is 18.3 Å². The van der Waals surface area contributed by atoms with Gasteiger partial charge in [0.2, 0.25) is 5.13 Å². The van der Waals surface area contributed by atoms with Crippen molar-refractivity contribution in [2.45, 2.75) is 13.3 Å². The standard InChI is InChI=1S/C10H9N3O2S2/c1-6(14)4-8-11-10(17-13-8)12-9(15)7-2-3-16-5-7/h2-3,5H,4H2,1H3,(H,11,12,13,15). The molecule has 0 spiro atoms. The summed E-state index contributed by atoms with van der Waals surface area (Å²) in [5.41, 5.74) is 0.596. The van der Waals surface area contributed by atoms with Crippen LogP contribution in [0.25, 0.3) is 0 Å². The Hall–Kier alpha value is -1.60. The molecule has 0 saturated carbocycles. The van der Waals surface area contributed by atoms with Crippen LogP contribution in [0.4, 0.5) is 5.13 Å². The number of amides is 1. The van der Waals surface area contributed by atoms with Crippen molar-refractivity contribution >= 4 is 39.7 Å². The number of carbonyl (C=O) groups is 2. The summed E-state index contributed by atoms with van der Waals surface area (Å²) < 4.78 is 3.99. The first kappa shape index (κ1) is 11.9. The van der Waals surface area contributed by atoms with E-state index in [1.54, 1.807) is 11.4 Å². The molecule has 0 unspecified atom stereocenters. The summed E-state index contributed by atoms with van der Waals surface area (Å²) in [5, 5.41) is 6.64. The largest absolute Gasteiger partial charge is 0.300 e. The molecule has 0 atom stereocenters. The van der Waals surface area contributed by atoms with E-state index in [2.05, 4.69) is 14.7 Å². The number of thiophene rings is 1. The van der Waals surface area contributed by atoms with Gasteiger partial charge in [-0.25, -0.2) is 4.98 Å². The molecule has 0 bridgehead atoms. The van der Waals surface area contributed by atoms with Crippen LogP contribution in [0.3, 0.4) is 0 Å². The number of nitrogens with one attached hydrogen (secondary N) is 1. The Morgan fingerprint density at radius 1 is 1.47 bits per heavy atom. The molecule has 0 aliphatic heterocycles. The van der Waals surface area contributed by atoms with Crippen molar-refractivity contribution in [3.05, 3.63) is 28.2 Å². The molecule has 2 heterocycles. The van der Waals surface area contributed by atoms with E-state index in [4.69, 9.17) is 0 Å². The molecule has 7 heteroatoms. The van der Waals surface area contributed by atoms with Gasteiger partial charge in [-0.3, -0.25) is 14.9 Å². The van der Waals surface area contributed by atoms with Gasteiger partial charge < -0.3 is 0 Å². The van der Waals surface area contributed by atoms with Gasteiger partial charge in [0.25, 0.3) is 5.91 Å². The lowest BCUT2D eigenvalue weighted by Gasteiger charge is -1.96. The van der Waals surface area contributed by atoms with Crippen LogP contribution in [0.5, 0.6) is 0 Å². The SMILES string of the molecule is CC(=O)Cc1nsc(NC(=O)c2ccsc2)n1. The maximum absolute atomic E-state index is 11.7. The Bertz CT molecular complexity index is 534. The zero-order valence-electron chi connectivity index (χ0n) is 8.97. The van der Waals surface area contributed by atoms with Crippen LogP contribution < -0.4 is 5.32 Å². The highest BCUT2D eigenvalue weighted by Gasteiger charge is 2.11. The second-order valence-corrected chi connectivity index (χ2v) is 4.89. The summed E-state index contributed by atoms with van der Waals surface area (Å²) in [6.07, 6.45) is 0.199. The quantitative estimate of drug-likeness (QED) is 0.919. The lowest BCUT2D eigenvalue weighted by Crippen LogP contribution is -2.10. The Labute approximate surface area is 106 Å². The normalized spacial score (nSPS) is 10.2. The van der Waals surface area contributed by atoms with Gasteiger partial charge >= 0.3 is 0 Å². The predicted octanol–water partition coefficient (Wildman–Crippen LogP) is 1.98. The van der Waals surface area contributed by atoms with Gasteiger partial charge in [-0.1, -0.05) is 0 Å². The lowest BCUT2D eigenvalue weighted by molar-refractivity contribution is -0.116. The van der Waals surface area contributed by atoms with Gasteiger partial charge in [-0.2, -0.15) is 15.7 Å². The molecule has 2 rings (SSSR count). The monoisotopic (exact) mass is 267 g/mol. The molecule has 0 saturated heterocycles. The number of aromatic nitrogens is 2. The van der Waals surface area contributed by atoms with Gasteiger partial charge in [-0.15, -0.1) is 0 Å². The molecule has 0 aliphatic carbocycles. The summed E-state index contributed by atoms with van der Waals surface area (Å²) in [6.45, 7) is 1.48. The summed E-state index contributed by atoms with van der Waals surface area (Å²) in [5.74, 6) is 0.235. The highest BCUT2D eigenvalue weighted by atomic mass is 32.1. The zero-order chi connectivity index (χ0) is 12.3. The van der Waals surface area contributed by atoms with Crippen LogP contribution in [0.1, 0.15) is 23.1 Å². The van der Waals surface area contributed by atoms with E-state index in [0.717, 1.165) is 11.5 Å². The lowest BCUT2D eigenvalue weighted by atomic mass is 10.3. The third kappa shape index (κ3) is 3.18. The molecular formula is C10H9N3O2S2. The molecule has 2 aromatic heterocycles. The first-order valence-corrected chi connectivity index (χ1v) is 6.52. The Kier molecular flexibility index (Phi) is 3.60. The Morgan fingerprint density at radius 2 is 2.29 bits per heavy atom. The van der Waals surface area contributed by atoms with Crippen LogP contribution in [-0.4, -0.2) is 21.0 Å². The number of ketones is 1.